The quantitative estimate of drug-likeness (QED) is 0.594. The Hall–Kier alpha value is -1.73. The maximum absolute atomic E-state index is 12.4. The van der Waals surface area contributed by atoms with E-state index in [4.69, 9.17) is 0 Å². The van der Waals surface area contributed by atoms with Gasteiger partial charge < -0.3 is 0 Å². The van der Waals surface area contributed by atoms with Crippen molar-refractivity contribution in [3.63, 3.8) is 0 Å². The summed E-state index contributed by atoms with van der Waals surface area (Å²) in [4.78, 5) is 18.4. The summed E-state index contributed by atoms with van der Waals surface area (Å²) in [5, 5.41) is 3.63. The smallest absolute Gasteiger partial charge is 0.258 e. The van der Waals surface area contributed by atoms with E-state index >= 15 is 0 Å². The summed E-state index contributed by atoms with van der Waals surface area (Å²) < 4.78 is 0.939. The molecule has 5 heteroatoms. The molecule has 1 aliphatic carbocycles. The van der Waals surface area contributed by atoms with Crippen molar-refractivity contribution in [2.45, 2.75) is 12.8 Å². The van der Waals surface area contributed by atoms with Crippen molar-refractivity contribution >= 4 is 45.0 Å². The van der Waals surface area contributed by atoms with Crippen LogP contribution >= 0.6 is 33.9 Å². The van der Waals surface area contributed by atoms with Crippen LogP contribution in [0, 0.1) is 3.57 Å². The van der Waals surface area contributed by atoms with Gasteiger partial charge >= 0.3 is 0 Å². The van der Waals surface area contributed by atoms with E-state index < -0.39 is 0 Å². The van der Waals surface area contributed by atoms with E-state index in [0.717, 1.165) is 22.1 Å². The highest BCUT2D eigenvalue weighted by Crippen LogP contribution is 2.38. The average molecular weight is 432 g/mol. The van der Waals surface area contributed by atoms with E-state index in [1.165, 1.54) is 16.0 Å². The molecule has 1 amide bonds. The van der Waals surface area contributed by atoms with Crippen LogP contribution in [0.2, 0.25) is 0 Å². The largest absolute Gasteiger partial charge is 0.298 e. The first-order valence-electron chi connectivity index (χ1n) is 7.36. The van der Waals surface area contributed by atoms with Crippen LogP contribution in [0.25, 0.3) is 11.3 Å². The Morgan fingerprint density at radius 3 is 2.74 bits per heavy atom. The first kappa shape index (κ1) is 14.8. The van der Waals surface area contributed by atoms with Gasteiger partial charge in [-0.25, -0.2) is 4.98 Å². The summed E-state index contributed by atoms with van der Waals surface area (Å²) in [5.74, 6) is -0.102. The lowest BCUT2D eigenvalue weighted by Gasteiger charge is -2.13. The second-order valence-corrected chi connectivity index (χ2v) is 7.63. The molecular weight excluding hydrogens is 419 g/mol. The number of amides is 1. The van der Waals surface area contributed by atoms with Gasteiger partial charge in [-0.05, 0) is 53.1 Å². The number of anilines is 1. The molecule has 0 atom stereocenters. The number of rotatable bonds is 2. The van der Waals surface area contributed by atoms with Gasteiger partial charge in [0, 0.05) is 14.0 Å². The van der Waals surface area contributed by atoms with Crippen molar-refractivity contribution in [2.75, 3.05) is 5.32 Å². The minimum Gasteiger partial charge on any atom is -0.298 e. The van der Waals surface area contributed by atoms with Crippen LogP contribution in [-0.2, 0) is 12.8 Å². The summed E-state index contributed by atoms with van der Waals surface area (Å²) >= 11 is 3.76. The molecule has 1 aliphatic rings. The van der Waals surface area contributed by atoms with E-state index in [1.54, 1.807) is 11.3 Å². The summed E-state index contributed by atoms with van der Waals surface area (Å²) in [6.45, 7) is 0. The van der Waals surface area contributed by atoms with E-state index in [0.29, 0.717) is 10.7 Å². The van der Waals surface area contributed by atoms with Crippen molar-refractivity contribution < 1.29 is 4.79 Å². The Morgan fingerprint density at radius 1 is 1.09 bits per heavy atom. The van der Waals surface area contributed by atoms with Gasteiger partial charge in [-0.3, -0.25) is 10.1 Å². The van der Waals surface area contributed by atoms with Crippen molar-refractivity contribution in [1.82, 2.24) is 4.98 Å². The molecule has 23 heavy (non-hydrogen) atoms. The van der Waals surface area contributed by atoms with Gasteiger partial charge in [0.05, 0.1) is 11.3 Å². The van der Waals surface area contributed by atoms with Gasteiger partial charge in [0.15, 0.2) is 5.13 Å². The molecule has 0 radical (unpaired) electrons. The fraction of sp³-hybridized carbons (Fsp3) is 0.111. The zero-order chi connectivity index (χ0) is 15.8. The zero-order valence-electron chi connectivity index (χ0n) is 12.2. The number of carbonyl (C=O) groups excluding carboxylic acids is 1. The van der Waals surface area contributed by atoms with Crippen molar-refractivity contribution in [3.8, 4) is 11.3 Å². The molecule has 0 saturated carbocycles. The third-order valence-corrected chi connectivity index (χ3v) is 5.90. The zero-order valence-corrected chi connectivity index (χ0v) is 15.1. The maximum Gasteiger partial charge on any atom is 0.258 e. The number of benzene rings is 2. The lowest BCUT2D eigenvalue weighted by molar-refractivity contribution is 0.102. The van der Waals surface area contributed by atoms with Crippen molar-refractivity contribution in [3.05, 3.63) is 68.1 Å². The summed E-state index contributed by atoms with van der Waals surface area (Å²) in [5.41, 5.74) is 4.23. The Kier molecular flexibility index (Phi) is 3.90. The topological polar surface area (TPSA) is 42.0 Å². The van der Waals surface area contributed by atoms with Crippen molar-refractivity contribution in [1.29, 1.82) is 0 Å². The molecule has 4 rings (SSSR count). The number of carbonyl (C=O) groups is 1. The summed E-state index contributed by atoms with van der Waals surface area (Å²) in [7, 11) is 0. The number of halogens is 1. The van der Waals surface area contributed by atoms with Gasteiger partial charge in [0.2, 0.25) is 0 Å². The van der Waals surface area contributed by atoms with Crippen LogP contribution in [0.3, 0.4) is 0 Å². The summed E-state index contributed by atoms with van der Waals surface area (Å²) in [6, 6.07) is 15.9. The summed E-state index contributed by atoms with van der Waals surface area (Å²) in [6.07, 6.45) is 2.03. The first-order chi connectivity index (χ1) is 11.2. The Labute approximate surface area is 151 Å². The van der Waals surface area contributed by atoms with E-state index in [2.05, 4.69) is 51.1 Å². The molecular formula is C18H13IN2OS. The molecule has 2 aromatic carbocycles. The SMILES string of the molecule is O=C(Nc1nc2c(s1)CCc1ccccc1-2)c1ccccc1I. The molecule has 3 nitrogen and oxygen atoms in total. The highest BCUT2D eigenvalue weighted by Gasteiger charge is 2.21. The Morgan fingerprint density at radius 2 is 1.87 bits per heavy atom. The molecule has 0 fully saturated rings. The number of nitrogens with zero attached hydrogens (tertiary/aromatic N) is 1. The third kappa shape index (κ3) is 2.79. The number of aryl methyl sites for hydroxylation is 2. The Balaban J connectivity index is 1.65. The molecule has 1 N–H and O–H groups in total. The molecule has 0 bridgehead atoms. The predicted molar refractivity (Wildman–Crippen MR) is 102 cm³/mol. The third-order valence-electron chi connectivity index (χ3n) is 3.93. The van der Waals surface area contributed by atoms with Crippen LogP contribution in [-0.4, -0.2) is 10.9 Å². The monoisotopic (exact) mass is 432 g/mol. The Bertz CT molecular complexity index is 904. The van der Waals surface area contributed by atoms with E-state index in [9.17, 15) is 4.79 Å². The average Bonchev–Trinajstić information content (AvgIpc) is 2.98. The fourth-order valence-corrected chi connectivity index (χ4v) is 4.42. The molecule has 0 saturated heterocycles. The fourth-order valence-electron chi connectivity index (χ4n) is 2.81. The number of fused-ring (bicyclic) bond motifs is 3. The molecule has 114 valence electrons. The number of nitrogens with one attached hydrogen (secondary N) is 1. The molecule has 0 unspecified atom stereocenters. The maximum atomic E-state index is 12.4. The molecule has 0 aliphatic heterocycles. The highest BCUT2D eigenvalue weighted by atomic mass is 127. The van der Waals surface area contributed by atoms with Crippen LogP contribution in [0.15, 0.2) is 48.5 Å². The number of aromatic nitrogens is 1. The lowest BCUT2D eigenvalue weighted by atomic mass is 9.94. The number of hydrogen-bond acceptors (Lipinski definition) is 3. The second kappa shape index (κ2) is 6.05. The van der Waals surface area contributed by atoms with Crippen LogP contribution < -0.4 is 5.32 Å². The minimum atomic E-state index is -0.102. The lowest BCUT2D eigenvalue weighted by Crippen LogP contribution is -2.13. The van der Waals surface area contributed by atoms with Crippen LogP contribution in [0.1, 0.15) is 20.8 Å². The molecule has 0 spiro atoms. The van der Waals surface area contributed by atoms with Crippen LogP contribution in [0.5, 0.6) is 0 Å². The van der Waals surface area contributed by atoms with Gasteiger partial charge in [0.25, 0.3) is 5.91 Å². The normalized spacial score (nSPS) is 12.4. The van der Waals surface area contributed by atoms with E-state index in [-0.39, 0.29) is 5.91 Å². The van der Waals surface area contributed by atoms with Crippen LogP contribution in [0.4, 0.5) is 5.13 Å². The molecule has 1 heterocycles. The van der Waals surface area contributed by atoms with Gasteiger partial charge in [0.1, 0.15) is 0 Å². The highest BCUT2D eigenvalue weighted by molar-refractivity contribution is 14.1. The predicted octanol–water partition coefficient (Wildman–Crippen LogP) is 4.77. The molecule has 1 aromatic heterocycles. The van der Waals surface area contributed by atoms with Gasteiger partial charge in [-0.1, -0.05) is 36.4 Å². The van der Waals surface area contributed by atoms with Crippen molar-refractivity contribution in [2.24, 2.45) is 0 Å². The number of thiazole rings is 1. The first-order valence-corrected chi connectivity index (χ1v) is 9.26. The standard InChI is InChI=1S/C18H13IN2OS/c19-14-8-4-3-7-13(14)17(22)21-18-20-16-12-6-2-1-5-11(12)9-10-15(16)23-18/h1-8H,9-10H2,(H,20,21,22). The minimum absolute atomic E-state index is 0.102. The molecule has 3 aromatic rings. The van der Waals surface area contributed by atoms with E-state index in [1.807, 2.05) is 30.3 Å². The second-order valence-electron chi connectivity index (χ2n) is 5.38. The van der Waals surface area contributed by atoms with Gasteiger partial charge in [-0.2, -0.15) is 0 Å². The number of hydrogen-bond donors (Lipinski definition) is 1. The van der Waals surface area contributed by atoms with Gasteiger partial charge in [-0.15, -0.1) is 11.3 Å².